The van der Waals surface area contributed by atoms with Gasteiger partial charge in [-0.25, -0.2) is 0 Å². The number of nitrogens with two attached hydrogens (primary N) is 1. The van der Waals surface area contributed by atoms with Crippen molar-refractivity contribution in [2.75, 3.05) is 13.1 Å². The van der Waals surface area contributed by atoms with Crippen molar-refractivity contribution in [3.05, 3.63) is 69.7 Å². The van der Waals surface area contributed by atoms with E-state index in [1.165, 1.54) is 5.56 Å². The third-order valence-electron chi connectivity index (χ3n) is 4.34. The third kappa shape index (κ3) is 4.04. The first-order valence-corrected chi connectivity index (χ1v) is 8.33. The highest BCUT2D eigenvalue weighted by atomic mass is 35.5. The van der Waals surface area contributed by atoms with Crippen molar-refractivity contribution < 1.29 is 4.79 Å². The molecule has 0 bridgehead atoms. The molecule has 1 aliphatic rings. The van der Waals surface area contributed by atoms with Gasteiger partial charge in [-0.2, -0.15) is 0 Å². The Kier molecular flexibility index (Phi) is 6.53. The number of rotatable bonds is 3. The lowest BCUT2D eigenvalue weighted by atomic mass is 9.95. The molecule has 0 saturated carbocycles. The fourth-order valence-electron chi connectivity index (χ4n) is 3.05. The number of halogens is 3. The molecule has 0 radical (unpaired) electrons. The minimum Gasteiger partial charge on any atom is -0.340 e. The van der Waals surface area contributed by atoms with Crippen molar-refractivity contribution in [1.82, 2.24) is 4.90 Å². The lowest BCUT2D eigenvalue weighted by Gasteiger charge is -2.17. The standard InChI is InChI=1S/C18H18Cl2N2O.ClH/c19-15-7-4-8-16(20)13(15)9-18(23)22-10-14(17(21)11-22)12-5-2-1-3-6-12;/h1-8,14,17H,9-11,21H2;1H/t14-,17+;/m0./s1. The Bertz CT molecular complexity index is 688. The number of hydrogen-bond donors (Lipinski definition) is 1. The summed E-state index contributed by atoms with van der Waals surface area (Å²) in [7, 11) is 0. The highest BCUT2D eigenvalue weighted by Gasteiger charge is 2.33. The fourth-order valence-corrected chi connectivity index (χ4v) is 3.58. The van der Waals surface area contributed by atoms with Crippen LogP contribution in [0.3, 0.4) is 0 Å². The molecule has 0 unspecified atom stereocenters. The van der Waals surface area contributed by atoms with Crippen LogP contribution in [0, 0.1) is 0 Å². The summed E-state index contributed by atoms with van der Waals surface area (Å²) < 4.78 is 0. The minimum atomic E-state index is -0.0527. The molecule has 1 fully saturated rings. The van der Waals surface area contributed by atoms with Crippen molar-refractivity contribution in [2.45, 2.75) is 18.4 Å². The van der Waals surface area contributed by atoms with Crippen molar-refractivity contribution in [3.63, 3.8) is 0 Å². The highest BCUT2D eigenvalue weighted by Crippen LogP contribution is 2.29. The van der Waals surface area contributed by atoms with Gasteiger partial charge in [-0.3, -0.25) is 4.79 Å². The van der Waals surface area contributed by atoms with Gasteiger partial charge in [-0.15, -0.1) is 12.4 Å². The van der Waals surface area contributed by atoms with Gasteiger partial charge in [-0.1, -0.05) is 59.6 Å². The number of carbonyl (C=O) groups excluding carboxylic acids is 1. The van der Waals surface area contributed by atoms with Gasteiger partial charge < -0.3 is 10.6 Å². The molecule has 0 spiro atoms. The highest BCUT2D eigenvalue weighted by molar-refractivity contribution is 6.36. The van der Waals surface area contributed by atoms with Crippen LogP contribution >= 0.6 is 35.6 Å². The number of amides is 1. The molecular weight excluding hydrogens is 367 g/mol. The van der Waals surface area contributed by atoms with Gasteiger partial charge in [-0.05, 0) is 23.3 Å². The topological polar surface area (TPSA) is 46.3 Å². The molecule has 24 heavy (non-hydrogen) atoms. The Balaban J connectivity index is 0.00000208. The Morgan fingerprint density at radius 2 is 1.67 bits per heavy atom. The van der Waals surface area contributed by atoms with E-state index < -0.39 is 0 Å². The average Bonchev–Trinajstić information content (AvgIpc) is 2.94. The minimum absolute atomic E-state index is 0. The van der Waals surface area contributed by atoms with Gasteiger partial charge in [0.2, 0.25) is 5.91 Å². The van der Waals surface area contributed by atoms with Gasteiger partial charge in [0.25, 0.3) is 0 Å². The van der Waals surface area contributed by atoms with E-state index in [2.05, 4.69) is 12.1 Å². The zero-order chi connectivity index (χ0) is 16.4. The first kappa shape index (κ1) is 19.1. The molecular formula is C18H19Cl3N2O. The number of carbonyl (C=O) groups is 1. The molecule has 2 aromatic rings. The zero-order valence-electron chi connectivity index (χ0n) is 13.0. The number of hydrogen-bond acceptors (Lipinski definition) is 2. The van der Waals surface area contributed by atoms with Crippen LogP contribution in [0.5, 0.6) is 0 Å². The van der Waals surface area contributed by atoms with Crippen LogP contribution in [0.2, 0.25) is 10.0 Å². The zero-order valence-corrected chi connectivity index (χ0v) is 15.3. The smallest absolute Gasteiger partial charge is 0.227 e. The fraction of sp³-hybridized carbons (Fsp3) is 0.278. The van der Waals surface area contributed by atoms with Crippen LogP contribution in [0.15, 0.2) is 48.5 Å². The van der Waals surface area contributed by atoms with Gasteiger partial charge in [0, 0.05) is 35.1 Å². The van der Waals surface area contributed by atoms with E-state index in [-0.39, 0.29) is 36.7 Å². The largest absolute Gasteiger partial charge is 0.340 e. The summed E-state index contributed by atoms with van der Waals surface area (Å²) in [5.41, 5.74) is 8.10. The molecule has 0 aliphatic carbocycles. The lowest BCUT2D eigenvalue weighted by Crippen LogP contribution is -2.33. The van der Waals surface area contributed by atoms with Crippen molar-refractivity contribution in [2.24, 2.45) is 5.73 Å². The monoisotopic (exact) mass is 384 g/mol. The SMILES string of the molecule is Cl.N[C@@H]1CN(C(=O)Cc2c(Cl)cccc2Cl)C[C@H]1c1ccccc1. The van der Waals surface area contributed by atoms with E-state index in [9.17, 15) is 4.79 Å². The summed E-state index contributed by atoms with van der Waals surface area (Å²) >= 11 is 12.3. The lowest BCUT2D eigenvalue weighted by molar-refractivity contribution is -0.129. The van der Waals surface area contributed by atoms with Crippen molar-refractivity contribution in [3.8, 4) is 0 Å². The maximum atomic E-state index is 12.6. The first-order valence-electron chi connectivity index (χ1n) is 7.57. The molecule has 1 amide bonds. The Morgan fingerprint density at radius 1 is 1.04 bits per heavy atom. The van der Waals surface area contributed by atoms with Crippen LogP contribution < -0.4 is 5.73 Å². The molecule has 2 aromatic carbocycles. The number of benzene rings is 2. The molecule has 2 atom stereocenters. The van der Waals surface area contributed by atoms with Crippen molar-refractivity contribution in [1.29, 1.82) is 0 Å². The molecule has 2 N–H and O–H groups in total. The molecule has 0 aromatic heterocycles. The van der Waals surface area contributed by atoms with E-state index in [0.29, 0.717) is 28.7 Å². The molecule has 1 aliphatic heterocycles. The summed E-state index contributed by atoms with van der Waals surface area (Å²) in [6, 6.07) is 15.3. The molecule has 1 saturated heterocycles. The van der Waals surface area contributed by atoms with Gasteiger partial charge in [0.1, 0.15) is 0 Å². The Labute approximate surface area is 158 Å². The van der Waals surface area contributed by atoms with E-state index in [1.54, 1.807) is 18.2 Å². The van der Waals surface area contributed by atoms with Crippen LogP contribution in [0.1, 0.15) is 17.0 Å². The van der Waals surface area contributed by atoms with Crippen molar-refractivity contribution >= 4 is 41.5 Å². The second-order valence-electron chi connectivity index (χ2n) is 5.86. The summed E-state index contributed by atoms with van der Waals surface area (Å²) in [6.07, 6.45) is 0.201. The maximum Gasteiger partial charge on any atom is 0.227 e. The summed E-state index contributed by atoms with van der Waals surface area (Å²) in [5, 5.41) is 1.04. The average molecular weight is 386 g/mol. The third-order valence-corrected chi connectivity index (χ3v) is 5.04. The number of nitrogens with zero attached hydrogens (tertiary/aromatic N) is 1. The predicted molar refractivity (Wildman–Crippen MR) is 101 cm³/mol. The van der Waals surface area contributed by atoms with Gasteiger partial charge in [0.05, 0.1) is 6.42 Å². The van der Waals surface area contributed by atoms with E-state index in [1.807, 2.05) is 23.1 Å². The maximum absolute atomic E-state index is 12.6. The Hall–Kier alpha value is -1.26. The van der Waals surface area contributed by atoms with E-state index >= 15 is 0 Å². The molecule has 3 nitrogen and oxygen atoms in total. The number of likely N-dealkylation sites (tertiary alicyclic amines) is 1. The quantitative estimate of drug-likeness (QED) is 0.870. The van der Waals surface area contributed by atoms with Gasteiger partial charge >= 0.3 is 0 Å². The van der Waals surface area contributed by atoms with Crippen LogP contribution in [-0.4, -0.2) is 29.9 Å². The predicted octanol–water partition coefficient (Wildman–Crippen LogP) is 3.91. The summed E-state index contributed by atoms with van der Waals surface area (Å²) in [4.78, 5) is 14.4. The van der Waals surface area contributed by atoms with E-state index in [0.717, 1.165) is 0 Å². The van der Waals surface area contributed by atoms with Gasteiger partial charge in [0.15, 0.2) is 0 Å². The van der Waals surface area contributed by atoms with E-state index in [4.69, 9.17) is 28.9 Å². The second-order valence-corrected chi connectivity index (χ2v) is 6.67. The summed E-state index contributed by atoms with van der Waals surface area (Å²) in [6.45, 7) is 1.19. The normalized spacial score (nSPS) is 19.9. The molecule has 6 heteroatoms. The first-order chi connectivity index (χ1) is 11.1. The summed E-state index contributed by atoms with van der Waals surface area (Å²) in [5.74, 6) is 0.177. The van der Waals surface area contributed by atoms with Crippen LogP contribution in [0.25, 0.3) is 0 Å². The van der Waals surface area contributed by atoms with Crippen LogP contribution in [0.4, 0.5) is 0 Å². The molecule has 3 rings (SSSR count). The molecule has 128 valence electrons. The molecule has 1 heterocycles. The Morgan fingerprint density at radius 3 is 2.29 bits per heavy atom. The second kappa shape index (κ2) is 8.21. The van der Waals surface area contributed by atoms with Crippen LogP contribution in [-0.2, 0) is 11.2 Å².